The van der Waals surface area contributed by atoms with Crippen molar-refractivity contribution in [3.05, 3.63) is 18.9 Å². The van der Waals surface area contributed by atoms with Gasteiger partial charge in [-0.25, -0.2) is 0 Å². The number of oxime groups is 1. The van der Waals surface area contributed by atoms with Gasteiger partial charge in [-0.05, 0) is 6.08 Å². The van der Waals surface area contributed by atoms with E-state index in [-0.39, 0.29) is 6.10 Å². The van der Waals surface area contributed by atoms with E-state index in [1.807, 2.05) is 6.08 Å². The van der Waals surface area contributed by atoms with Gasteiger partial charge in [0, 0.05) is 12.6 Å². The molecule has 0 spiro atoms. The Morgan fingerprint density at radius 2 is 2.70 bits per heavy atom. The molecule has 0 amide bonds. The molecule has 4 heteroatoms. The zero-order valence-electron chi connectivity index (χ0n) is 5.28. The molecule has 2 rings (SSSR count). The molecule has 1 unspecified atom stereocenters. The molecule has 2 aliphatic rings. The van der Waals surface area contributed by atoms with Crippen LogP contribution in [-0.2, 0) is 9.68 Å². The molecule has 1 radical (unpaired) electrons. The molecule has 0 aliphatic carbocycles. The first-order valence-corrected chi connectivity index (χ1v) is 3.09. The lowest BCUT2D eigenvalue weighted by atomic mass is 10.2. The Bertz CT molecular complexity index is 188. The first-order chi connectivity index (χ1) is 4.97. The highest BCUT2D eigenvalue weighted by Gasteiger charge is 2.21. The summed E-state index contributed by atoms with van der Waals surface area (Å²) in [6.07, 6.45) is 4.34. The topological polar surface area (TPSA) is 42.8 Å². The highest BCUT2D eigenvalue weighted by molar-refractivity contribution is 5.91. The Morgan fingerprint density at radius 1 is 1.70 bits per heavy atom. The Hall–Kier alpha value is -1.03. The zero-order valence-corrected chi connectivity index (χ0v) is 5.28. The van der Waals surface area contributed by atoms with Crippen LogP contribution in [0.3, 0.4) is 0 Å². The van der Waals surface area contributed by atoms with Crippen molar-refractivity contribution in [2.45, 2.75) is 12.5 Å². The highest BCUT2D eigenvalue weighted by Crippen LogP contribution is 2.12. The minimum Gasteiger partial charge on any atom is -0.388 e. The van der Waals surface area contributed by atoms with E-state index in [1.165, 1.54) is 0 Å². The average Bonchev–Trinajstić information content (AvgIpc) is 2.59. The number of nitrogens with one attached hydrogen (secondary N) is 1. The summed E-state index contributed by atoms with van der Waals surface area (Å²) in [4.78, 5) is 9.74. The van der Waals surface area contributed by atoms with Crippen molar-refractivity contribution >= 4 is 5.71 Å². The van der Waals surface area contributed by atoms with E-state index < -0.39 is 0 Å². The van der Waals surface area contributed by atoms with Gasteiger partial charge in [-0.15, -0.1) is 0 Å². The number of hydrogen-bond donors (Lipinski definition) is 1. The molecule has 0 bridgehead atoms. The lowest BCUT2D eigenvalue weighted by molar-refractivity contribution is 0.0826. The van der Waals surface area contributed by atoms with E-state index in [2.05, 4.69) is 10.6 Å². The smallest absolute Gasteiger partial charge is 0.172 e. The van der Waals surface area contributed by atoms with Crippen LogP contribution in [0.1, 0.15) is 6.42 Å². The fourth-order valence-electron chi connectivity index (χ4n) is 0.891. The van der Waals surface area contributed by atoms with Crippen molar-refractivity contribution in [2.24, 2.45) is 5.16 Å². The van der Waals surface area contributed by atoms with Crippen LogP contribution in [0.25, 0.3) is 0 Å². The van der Waals surface area contributed by atoms with Crippen LogP contribution in [0, 0.1) is 6.61 Å². The maximum Gasteiger partial charge on any atom is 0.172 e. The van der Waals surface area contributed by atoms with E-state index in [4.69, 9.17) is 9.68 Å². The second kappa shape index (κ2) is 2.30. The third-order valence-corrected chi connectivity index (χ3v) is 1.40. The van der Waals surface area contributed by atoms with Crippen LogP contribution in [-0.4, -0.2) is 11.8 Å². The van der Waals surface area contributed by atoms with Crippen molar-refractivity contribution in [3.63, 3.8) is 0 Å². The highest BCUT2D eigenvalue weighted by atomic mass is 16.7. The van der Waals surface area contributed by atoms with Crippen LogP contribution in [0.4, 0.5) is 0 Å². The summed E-state index contributed by atoms with van der Waals surface area (Å²) >= 11 is 0. The summed E-state index contributed by atoms with van der Waals surface area (Å²) in [6.45, 7) is 1.64. The number of rotatable bonds is 1. The summed E-state index contributed by atoms with van der Waals surface area (Å²) in [5, 5.41) is 3.76. The summed E-state index contributed by atoms with van der Waals surface area (Å²) < 4.78 is 0. The summed E-state index contributed by atoms with van der Waals surface area (Å²) in [5.41, 5.74) is 3.52. The van der Waals surface area contributed by atoms with Crippen molar-refractivity contribution in [2.75, 3.05) is 0 Å². The standard InChI is InChI=1S/C6H7N2O2/c1-3-7-10-6(1)5-2-4-9-8-5/h1,3-4,6-7H,2H2. The Kier molecular flexibility index (Phi) is 1.32. The number of nitrogens with zero attached hydrogens (tertiary/aromatic N) is 1. The van der Waals surface area contributed by atoms with E-state index >= 15 is 0 Å². The second-order valence-corrected chi connectivity index (χ2v) is 2.07. The van der Waals surface area contributed by atoms with Gasteiger partial charge in [0.2, 0.25) is 0 Å². The molecule has 4 nitrogen and oxygen atoms in total. The normalized spacial score (nSPS) is 29.6. The fraction of sp³-hybridized carbons (Fsp3) is 0.333. The molecule has 0 aromatic rings. The van der Waals surface area contributed by atoms with Crippen LogP contribution in [0.5, 0.6) is 0 Å². The molecule has 0 fully saturated rings. The van der Waals surface area contributed by atoms with Gasteiger partial charge >= 0.3 is 0 Å². The summed E-state index contributed by atoms with van der Waals surface area (Å²) in [5.74, 6) is 0. The monoisotopic (exact) mass is 139 g/mol. The van der Waals surface area contributed by atoms with Gasteiger partial charge in [0.05, 0.1) is 5.71 Å². The average molecular weight is 139 g/mol. The Labute approximate surface area is 58.4 Å². The van der Waals surface area contributed by atoms with Crippen molar-refractivity contribution in [3.8, 4) is 0 Å². The lowest BCUT2D eigenvalue weighted by Gasteiger charge is -2.02. The third kappa shape index (κ3) is 0.863. The third-order valence-electron chi connectivity index (χ3n) is 1.40. The Morgan fingerprint density at radius 3 is 3.30 bits per heavy atom. The van der Waals surface area contributed by atoms with Gasteiger partial charge < -0.3 is 4.84 Å². The zero-order chi connectivity index (χ0) is 6.81. The first-order valence-electron chi connectivity index (χ1n) is 3.09. The van der Waals surface area contributed by atoms with E-state index in [0.29, 0.717) is 0 Å². The summed E-state index contributed by atoms with van der Waals surface area (Å²) in [7, 11) is 0. The summed E-state index contributed by atoms with van der Waals surface area (Å²) in [6, 6.07) is 0. The Balaban J connectivity index is 2.04. The van der Waals surface area contributed by atoms with Crippen molar-refractivity contribution in [1.29, 1.82) is 0 Å². The second-order valence-electron chi connectivity index (χ2n) is 2.07. The van der Waals surface area contributed by atoms with Gasteiger partial charge in [0.15, 0.2) is 6.61 Å². The van der Waals surface area contributed by atoms with Gasteiger partial charge in [0.25, 0.3) is 0 Å². The first kappa shape index (κ1) is 5.73. The van der Waals surface area contributed by atoms with Crippen molar-refractivity contribution in [1.82, 2.24) is 5.48 Å². The molecule has 0 saturated carbocycles. The molecular weight excluding hydrogens is 132 g/mol. The van der Waals surface area contributed by atoms with Gasteiger partial charge in [-0.3, -0.25) is 10.3 Å². The SMILES string of the molecule is [CH]1CC(C2C=CNO2)=NO1. The molecule has 1 atom stereocenters. The van der Waals surface area contributed by atoms with Crippen LogP contribution >= 0.6 is 0 Å². The quantitative estimate of drug-likeness (QED) is 0.569. The largest absolute Gasteiger partial charge is 0.388 e. The molecule has 2 heterocycles. The fourth-order valence-corrected chi connectivity index (χ4v) is 0.891. The minimum absolute atomic E-state index is 0.0428. The van der Waals surface area contributed by atoms with Gasteiger partial charge in [0.1, 0.15) is 6.10 Å². The van der Waals surface area contributed by atoms with Crippen LogP contribution < -0.4 is 5.48 Å². The maximum absolute atomic E-state index is 5.04. The lowest BCUT2D eigenvalue weighted by Crippen LogP contribution is -2.19. The molecule has 10 heavy (non-hydrogen) atoms. The van der Waals surface area contributed by atoms with Gasteiger partial charge in [-0.1, -0.05) is 5.16 Å². The maximum atomic E-state index is 5.04. The van der Waals surface area contributed by atoms with E-state index in [1.54, 1.807) is 12.8 Å². The van der Waals surface area contributed by atoms with Crippen molar-refractivity contribution < 1.29 is 9.68 Å². The molecular formula is C6H7N2O2. The molecule has 53 valence electrons. The van der Waals surface area contributed by atoms with Crippen LogP contribution in [0.15, 0.2) is 17.4 Å². The molecule has 0 aromatic heterocycles. The molecule has 0 aromatic carbocycles. The predicted octanol–water partition coefficient (Wildman–Crippen LogP) is 0.342. The van der Waals surface area contributed by atoms with E-state index in [9.17, 15) is 0 Å². The predicted molar refractivity (Wildman–Crippen MR) is 34.6 cm³/mol. The molecule has 2 aliphatic heterocycles. The van der Waals surface area contributed by atoms with E-state index in [0.717, 1.165) is 12.1 Å². The molecule has 0 saturated heterocycles. The number of hydroxylamine groups is 1. The molecule has 1 N–H and O–H groups in total. The number of hydrogen-bond acceptors (Lipinski definition) is 4. The van der Waals surface area contributed by atoms with Gasteiger partial charge in [-0.2, -0.15) is 0 Å². The minimum atomic E-state index is -0.0428. The van der Waals surface area contributed by atoms with Crippen LogP contribution in [0.2, 0.25) is 0 Å².